The van der Waals surface area contributed by atoms with Crippen molar-refractivity contribution in [3.63, 3.8) is 0 Å². The average molecular weight is 909 g/mol. The number of hydrogen-bond donors (Lipinski definition) is 2. The summed E-state index contributed by atoms with van der Waals surface area (Å²) in [6.07, 6.45) is 11.5. The van der Waals surface area contributed by atoms with Gasteiger partial charge in [-0.15, -0.1) is 0 Å². The maximum Gasteiger partial charge on any atom is 0.416 e. The molecule has 8 rings (SSSR count). The maximum absolute atomic E-state index is 14.1. The third kappa shape index (κ3) is 9.77. The smallest absolute Gasteiger partial charge is 0.416 e. The molecule has 10 nitrogen and oxygen atoms in total. The van der Waals surface area contributed by atoms with Crippen molar-refractivity contribution in [1.29, 1.82) is 5.26 Å². The number of ether oxygens (including phenoxy) is 1. The number of unbranched alkanes of at least 4 members (excludes halogenated alkanes) is 7. The van der Waals surface area contributed by atoms with Crippen LogP contribution < -0.4 is 10.2 Å². The van der Waals surface area contributed by atoms with E-state index in [1.165, 1.54) is 17.0 Å². The van der Waals surface area contributed by atoms with Crippen LogP contribution in [0.2, 0.25) is 0 Å². The summed E-state index contributed by atoms with van der Waals surface area (Å²) in [6.45, 7) is 1.63. The summed E-state index contributed by atoms with van der Waals surface area (Å²) in [5.74, 6) is -0.0418. The lowest BCUT2D eigenvalue weighted by molar-refractivity contribution is -0.919. The number of hydrogen-bond acceptors (Lipinski definition) is 6. The van der Waals surface area contributed by atoms with Crippen molar-refractivity contribution in [1.82, 2.24) is 10.2 Å². The molecule has 3 aromatic carbocycles. The van der Waals surface area contributed by atoms with Gasteiger partial charge in [0.05, 0.1) is 73.4 Å². The van der Waals surface area contributed by atoms with Crippen LogP contribution in [0.5, 0.6) is 0 Å². The van der Waals surface area contributed by atoms with Crippen molar-refractivity contribution in [2.75, 3.05) is 38.6 Å². The molecular weight excluding hydrogens is 844 g/mol. The van der Waals surface area contributed by atoms with Gasteiger partial charge in [-0.3, -0.25) is 9.69 Å². The van der Waals surface area contributed by atoms with Crippen molar-refractivity contribution in [2.45, 2.75) is 133 Å². The first-order valence-corrected chi connectivity index (χ1v) is 24.3. The van der Waals surface area contributed by atoms with E-state index >= 15 is 0 Å². The van der Waals surface area contributed by atoms with Gasteiger partial charge in [-0.1, -0.05) is 99.9 Å². The van der Waals surface area contributed by atoms with E-state index in [-0.39, 0.29) is 30.2 Å². The molecule has 2 aliphatic heterocycles. The molecule has 13 heteroatoms. The zero-order valence-electron chi connectivity index (χ0n) is 38.4. The number of urea groups is 1. The van der Waals surface area contributed by atoms with Crippen LogP contribution in [0.25, 0.3) is 0 Å². The van der Waals surface area contributed by atoms with E-state index in [0.717, 1.165) is 126 Å². The number of nitrogens with zero attached hydrogens (tertiary/aromatic N) is 4. The summed E-state index contributed by atoms with van der Waals surface area (Å²) in [5, 5.41) is 24.3. The molecule has 2 heterocycles. The number of nitriles is 1. The second kappa shape index (κ2) is 20.0. The number of carbonyl (C=O) groups is 3. The Morgan fingerprint density at radius 2 is 1.52 bits per heavy atom. The normalized spacial score (nSPS) is 24.3. The number of carbonyl (C=O) groups excluding carboxylic acids is 3. The number of rotatable bonds is 18. The molecule has 0 saturated heterocycles. The second-order valence-electron chi connectivity index (χ2n) is 20.1. The predicted octanol–water partition coefficient (Wildman–Crippen LogP) is 10.3. The molecular formula is C53H65F3N5O5+. The van der Waals surface area contributed by atoms with Gasteiger partial charge < -0.3 is 24.5 Å². The summed E-state index contributed by atoms with van der Waals surface area (Å²) in [5.41, 5.74) is -0.0978. The van der Waals surface area contributed by atoms with Crippen LogP contribution in [0, 0.1) is 29.1 Å². The quantitative estimate of drug-likeness (QED) is 0.0745. The second-order valence-corrected chi connectivity index (χ2v) is 20.1. The van der Waals surface area contributed by atoms with Crippen LogP contribution in [0.15, 0.2) is 90.1 Å². The molecule has 0 radical (unpaired) electrons. The highest BCUT2D eigenvalue weighted by molar-refractivity contribution is 6.07. The van der Waals surface area contributed by atoms with Crippen LogP contribution in [-0.4, -0.2) is 78.3 Å². The monoisotopic (exact) mass is 908 g/mol. The average Bonchev–Trinajstić information content (AvgIpc) is 4.01. The molecule has 0 spiro atoms. The fraction of sp³-hybridized carbons (Fsp3) is 0.547. The van der Waals surface area contributed by atoms with Gasteiger partial charge in [0, 0.05) is 24.3 Å². The maximum atomic E-state index is 14.1. The van der Waals surface area contributed by atoms with Crippen LogP contribution in [0.4, 0.5) is 23.7 Å². The molecule has 3 aliphatic carbocycles. The first kappa shape index (κ1) is 47.3. The van der Waals surface area contributed by atoms with Gasteiger partial charge >= 0.3 is 18.2 Å². The molecule has 66 heavy (non-hydrogen) atoms. The van der Waals surface area contributed by atoms with E-state index in [1.807, 2.05) is 30.3 Å². The van der Waals surface area contributed by atoms with Crippen molar-refractivity contribution < 1.29 is 41.9 Å². The number of alkyl halides is 3. The lowest BCUT2D eigenvalue weighted by Gasteiger charge is -2.40. The van der Waals surface area contributed by atoms with Crippen LogP contribution in [0.3, 0.4) is 0 Å². The van der Waals surface area contributed by atoms with Gasteiger partial charge in [0.1, 0.15) is 6.10 Å². The molecule has 5 unspecified atom stereocenters. The number of nitrogens with one attached hydrogen (secondary N) is 1. The fourth-order valence-electron chi connectivity index (χ4n) is 12.2. The highest BCUT2D eigenvalue weighted by atomic mass is 19.4. The number of benzene rings is 3. The number of esters is 1. The molecule has 2 bridgehead atoms. The Hall–Kier alpha value is -5.19. The van der Waals surface area contributed by atoms with E-state index in [4.69, 9.17) is 4.74 Å². The Morgan fingerprint density at radius 3 is 2.20 bits per heavy atom. The lowest BCUT2D eigenvalue weighted by atomic mass is 9.73. The summed E-state index contributed by atoms with van der Waals surface area (Å²) in [4.78, 5) is 44.6. The Balaban J connectivity index is 0.786. The van der Waals surface area contributed by atoms with Gasteiger partial charge in [0.2, 0.25) is 0 Å². The van der Waals surface area contributed by atoms with Crippen LogP contribution in [0.1, 0.15) is 131 Å². The van der Waals surface area contributed by atoms with Crippen LogP contribution in [-0.2, 0) is 26.1 Å². The third-order valence-corrected chi connectivity index (χ3v) is 15.5. The highest BCUT2D eigenvalue weighted by Gasteiger charge is 2.58. The number of anilines is 1. The Labute approximate surface area is 387 Å². The first-order chi connectivity index (χ1) is 31.7. The minimum Gasteiger partial charge on any atom is -0.459 e. The van der Waals surface area contributed by atoms with Gasteiger partial charge in [0.15, 0.2) is 5.60 Å². The standard InChI is InChI=1S/C53H64F3N5O5/c1-61(2,48-38-28-29-43(48)45(32-38)66-50(63)52(65,39-18-11-9-12-19-39)40-20-13-10-14-21-40)31-16-8-6-4-3-5-7-15-30-59-35-44-46(49(59)62)47(37-26-24-36(34-57)25-27-37)58-51(64)60(44)42-23-17-22-41(33-42)53(54,55)56/h9,11-12,17-19,22-27,33,38,40,43,45,47-48,65H,3-8,10,13-16,20-21,28-32,35H2,1-2H3/p+1/t38?,43?,45?,47-,48?,52?/m1/s1. The number of aliphatic hydroxyl groups is 1. The summed E-state index contributed by atoms with van der Waals surface area (Å²) >= 11 is 0. The number of fused-ring (bicyclic) bond motifs is 2. The molecule has 5 aliphatic rings. The van der Waals surface area contributed by atoms with Crippen LogP contribution >= 0.6 is 0 Å². The fourth-order valence-corrected chi connectivity index (χ4v) is 12.2. The summed E-state index contributed by atoms with van der Waals surface area (Å²) in [6, 6.07) is 21.7. The number of amides is 3. The lowest BCUT2D eigenvalue weighted by Crippen LogP contribution is -2.53. The Kier molecular flexibility index (Phi) is 14.3. The van der Waals surface area contributed by atoms with Crippen molar-refractivity contribution in [3.8, 4) is 6.07 Å². The molecule has 352 valence electrons. The van der Waals surface area contributed by atoms with Gasteiger partial charge in [-0.25, -0.2) is 9.59 Å². The molecule has 3 amide bonds. The molecule has 3 aromatic rings. The van der Waals surface area contributed by atoms with E-state index in [1.54, 1.807) is 29.2 Å². The van der Waals surface area contributed by atoms with Gasteiger partial charge in [0.25, 0.3) is 5.91 Å². The Bertz CT molecular complexity index is 2290. The minimum atomic E-state index is -4.60. The number of quaternary nitrogens is 1. The van der Waals surface area contributed by atoms with Crippen molar-refractivity contribution in [3.05, 3.63) is 112 Å². The van der Waals surface area contributed by atoms with E-state index in [2.05, 4.69) is 25.5 Å². The highest BCUT2D eigenvalue weighted by Crippen LogP contribution is 2.51. The molecule has 2 N–H and O–H groups in total. The zero-order valence-corrected chi connectivity index (χ0v) is 38.4. The minimum absolute atomic E-state index is 0.0332. The molecule has 0 aromatic heterocycles. The van der Waals surface area contributed by atoms with E-state index in [0.29, 0.717) is 52.4 Å². The van der Waals surface area contributed by atoms with Crippen molar-refractivity contribution >= 4 is 23.6 Å². The predicted molar refractivity (Wildman–Crippen MR) is 245 cm³/mol. The molecule has 3 fully saturated rings. The van der Waals surface area contributed by atoms with Gasteiger partial charge in [-0.05, 0) is 92.8 Å². The zero-order chi connectivity index (χ0) is 46.6. The SMILES string of the molecule is C[N+](C)(CCCCCCCCCCN1CC2=C(C1=O)[C@@H](c1ccc(C#N)cc1)NC(=O)N2c1cccc(C(F)(F)F)c1)C1C2CCC1C(OC(=O)C(O)(c1ccccc1)C1CCCCC1)C2. The Morgan fingerprint density at radius 1 is 0.848 bits per heavy atom. The topological polar surface area (TPSA) is 123 Å². The largest absolute Gasteiger partial charge is 0.459 e. The number of halogens is 3. The van der Waals surface area contributed by atoms with Gasteiger partial charge in [-0.2, -0.15) is 18.4 Å². The molecule has 6 atom stereocenters. The summed E-state index contributed by atoms with van der Waals surface area (Å²) < 4.78 is 48.4. The van der Waals surface area contributed by atoms with Crippen molar-refractivity contribution in [2.24, 2.45) is 17.8 Å². The third-order valence-electron chi connectivity index (χ3n) is 15.5. The summed E-state index contributed by atoms with van der Waals surface area (Å²) in [7, 11) is 4.67. The first-order valence-electron chi connectivity index (χ1n) is 24.3. The molecule has 3 saturated carbocycles. The van der Waals surface area contributed by atoms with E-state index in [9.17, 15) is 37.9 Å². The van der Waals surface area contributed by atoms with E-state index < -0.39 is 35.4 Å².